The van der Waals surface area contributed by atoms with Crippen LogP contribution in [0.25, 0.3) is 20.5 Å². The molecule has 2 unspecified atom stereocenters. The molecule has 27 nitrogen and oxygen atoms in total. The molecule has 4 amide bonds. The number of carboxylic acid groups (broad SMARTS) is 2. The first-order valence-corrected chi connectivity index (χ1v) is 55.3. The fourth-order valence-electron chi connectivity index (χ4n) is 8.36. The summed E-state index contributed by atoms with van der Waals surface area (Å²) >= 11 is 13.8. The van der Waals surface area contributed by atoms with E-state index < -0.39 is 77.0 Å². The summed E-state index contributed by atoms with van der Waals surface area (Å²) in [5.74, 6) is -11.1. The number of aldehydes is 1. The zero-order chi connectivity index (χ0) is 79.0. The summed E-state index contributed by atoms with van der Waals surface area (Å²) in [5, 5.41) is 46.6. The summed E-state index contributed by atoms with van der Waals surface area (Å²) < 4.78 is 25.2. The van der Waals surface area contributed by atoms with Crippen molar-refractivity contribution in [1.29, 1.82) is 10.5 Å². The monoisotopic (exact) mass is 2380 g/mol. The summed E-state index contributed by atoms with van der Waals surface area (Å²) in [7, 11) is 4.33. The van der Waals surface area contributed by atoms with Gasteiger partial charge in [-0.25, -0.2) is 9.69 Å². The third-order valence-corrected chi connectivity index (χ3v) is 13.3. The smallest absolute Gasteiger partial charge is 0.316 e. The topological polar surface area (TPSA) is 405 Å². The minimum atomic E-state index is -1.20. The van der Waals surface area contributed by atoms with E-state index in [9.17, 15) is 52.7 Å². The molecular formula is C72H82I8N9O18-. The number of hydrogen-bond acceptors (Lipinski definition) is 19. The van der Waals surface area contributed by atoms with Gasteiger partial charge in [0.15, 0.2) is 17.3 Å². The number of likely N-dealkylation sites (N-methyl/N-ethyl adjacent to an activating group) is 1. The van der Waals surface area contributed by atoms with Crippen molar-refractivity contribution in [2.24, 2.45) is 23.5 Å². The number of aliphatic carboxylic acids is 2. The normalized spacial score (nSPS) is 12.5. The Balaban J connectivity index is -0.000000593. The maximum absolute atomic E-state index is 12.4. The maximum atomic E-state index is 12.4. The molecule has 580 valence electrons. The van der Waals surface area contributed by atoms with Gasteiger partial charge < -0.3 is 60.9 Å². The number of carboxylic acids is 2. The first kappa shape index (κ1) is 107. The standard InChI is InChI=1S/C18H23N3O3.C14H13NO4.2C12H12N2O3.C8H5NO.C6H8O4.2CH4.I3.2I2.HI/c1-20-17(22)12-21-18(23)15-10-13-6-2-3-7-14(13)11-16(15)24-9-5-4-8-19;1-14(2)18-12(16)11(13(17)19-14)7-9-3-5-10(8-15)6-4-9;2*1-13-9-5-3-8(4-6-9)7-10(12(16)17)11(15)14-2;9-5-7-1-3-8(6-10)4-2-7;1-6(2)9-4(7)3-5(8)10-6;;;1-3-2;2*1-2;/h2-3,6-7,10-11H,4-5,8-9,12,19H2,1H3,(H,20,22)(H,21,23);3-6,11H,7H2,1-2H3;2*3-6,10H,7H2,2H3,(H,14,15)(H,16,17);1-4,6H;3H2,1-2H3;2*1H4;;;;1H/q;;;;;;;;-1;;;. The van der Waals surface area contributed by atoms with Crippen molar-refractivity contribution in [1.82, 2.24) is 21.3 Å². The summed E-state index contributed by atoms with van der Waals surface area (Å²) in [6.45, 7) is 20.7. The Morgan fingerprint density at radius 1 is 0.645 bits per heavy atom. The van der Waals surface area contributed by atoms with Crippen molar-refractivity contribution in [3.05, 3.63) is 195 Å². The Morgan fingerprint density at radius 3 is 1.39 bits per heavy atom. The molecule has 35 heteroatoms. The summed E-state index contributed by atoms with van der Waals surface area (Å²) in [5.41, 5.74) is 10.8. The molecule has 8 rings (SSSR count). The molecule has 8 N–H and O–H groups in total. The Bertz CT molecular complexity index is 3850. The number of nitriles is 2. The van der Waals surface area contributed by atoms with Crippen LogP contribution in [0.15, 0.2) is 133 Å². The predicted octanol–water partition coefficient (Wildman–Crippen LogP) is 11.2. The first-order chi connectivity index (χ1) is 49.5. The van der Waals surface area contributed by atoms with Crippen LogP contribution in [0.5, 0.6) is 5.75 Å². The minimum Gasteiger partial charge on any atom is -0.481 e. The summed E-state index contributed by atoms with van der Waals surface area (Å²) in [6.07, 6.45) is 2.61. The van der Waals surface area contributed by atoms with Gasteiger partial charge in [-0.3, -0.25) is 52.7 Å². The molecule has 2 atom stereocenters. The number of esters is 4. The SMILES string of the molecule is C.C.CC1(C)OC(=O)C(Cc2ccc(C#N)cc2)C(=O)O1.CC1(C)OC(=O)CC(=O)O1.CNC(=O)CNC(=O)c1cc2ccccc2cc1OCCCCN.I.II.II.I[I-]I.N#Cc1ccc(C=O)cc1.[C-]#[N+]c1ccc(CC(C(=O)O)C(=O)NC)cc1.[C-]#[N+]c1ccc(CC(C(=O)O)C(=O)NC)cc1. The van der Waals surface area contributed by atoms with Gasteiger partial charge in [0.25, 0.3) is 17.5 Å². The third-order valence-electron chi connectivity index (χ3n) is 13.3. The second-order valence-corrected chi connectivity index (χ2v) is 37.9. The van der Waals surface area contributed by atoms with Crippen LogP contribution in [0, 0.1) is 53.6 Å². The number of carbonyl (C=O) groups excluding carboxylic acids is 9. The number of benzene rings is 6. The zero-order valence-electron chi connectivity index (χ0n) is 57.2. The predicted molar refractivity (Wildman–Crippen MR) is 462 cm³/mol. The van der Waals surface area contributed by atoms with Gasteiger partial charge in [0, 0.05) is 129 Å². The number of ether oxygens (including phenoxy) is 5. The zero-order valence-corrected chi connectivity index (χ0v) is 74.7. The molecule has 6 aromatic rings. The molecular weight excluding hydrogens is 2290 g/mol. The molecule has 2 saturated heterocycles. The van der Waals surface area contributed by atoms with Crippen LogP contribution in [0.3, 0.4) is 0 Å². The summed E-state index contributed by atoms with van der Waals surface area (Å²) in [4.78, 5) is 130. The molecule has 6 aromatic carbocycles. The van der Waals surface area contributed by atoms with E-state index in [2.05, 4.69) is 152 Å². The van der Waals surface area contributed by atoms with Crippen molar-refractivity contribution >= 4 is 224 Å². The molecule has 2 heterocycles. The Labute approximate surface area is 716 Å². The van der Waals surface area contributed by atoms with Crippen LogP contribution in [-0.4, -0.2) is 128 Å². The Kier molecular flexibility index (Phi) is 60.3. The van der Waals surface area contributed by atoms with Gasteiger partial charge >= 0.3 is 86.3 Å². The van der Waals surface area contributed by atoms with Crippen molar-refractivity contribution < 1.29 is 99.9 Å². The number of nitrogens with zero attached hydrogens (tertiary/aromatic N) is 4. The second kappa shape index (κ2) is 60.3. The van der Waals surface area contributed by atoms with Crippen LogP contribution in [0.2, 0.25) is 0 Å². The molecule has 0 aromatic heterocycles. The van der Waals surface area contributed by atoms with Crippen LogP contribution in [0.1, 0.15) is 110 Å². The number of hydrogen-bond donors (Lipinski definition) is 7. The van der Waals surface area contributed by atoms with E-state index in [1.807, 2.05) is 42.5 Å². The Morgan fingerprint density at radius 2 is 1.04 bits per heavy atom. The molecule has 2 fully saturated rings. The van der Waals surface area contributed by atoms with Crippen LogP contribution in [0.4, 0.5) is 11.4 Å². The van der Waals surface area contributed by atoms with Crippen LogP contribution in [-0.2, 0) is 81.4 Å². The number of carbonyl (C=O) groups is 11. The van der Waals surface area contributed by atoms with Gasteiger partial charge in [-0.1, -0.05) is 112 Å². The van der Waals surface area contributed by atoms with Crippen LogP contribution >= 0.6 is 136 Å². The number of unbranched alkanes of at least 4 members (excludes halogenated alkanes) is 1. The van der Waals surface area contributed by atoms with Crippen molar-refractivity contribution in [3.63, 3.8) is 0 Å². The average Bonchev–Trinajstić information content (AvgIpc) is 0.807. The van der Waals surface area contributed by atoms with E-state index in [-0.39, 0.29) is 82.9 Å². The molecule has 0 aliphatic carbocycles. The van der Waals surface area contributed by atoms with Gasteiger partial charge in [-0.15, -0.1) is 24.0 Å². The largest absolute Gasteiger partial charge is 0.481 e. The Hall–Kier alpha value is -6.49. The number of cyclic esters (lactones) is 4. The number of nitrogens with one attached hydrogen (secondary N) is 4. The third kappa shape index (κ3) is 43.5. The quantitative estimate of drug-likeness (QED) is 0.00989. The maximum Gasteiger partial charge on any atom is 0.316 e. The van der Waals surface area contributed by atoms with Gasteiger partial charge in [0.05, 0.1) is 55.1 Å². The van der Waals surface area contributed by atoms with E-state index in [0.717, 1.165) is 35.5 Å². The first-order valence-electron chi connectivity index (χ1n) is 30.2. The molecule has 0 bridgehead atoms. The van der Waals surface area contributed by atoms with Crippen LogP contribution < -0.4 is 45.0 Å². The molecule has 0 radical (unpaired) electrons. The van der Waals surface area contributed by atoms with Gasteiger partial charge in [0.2, 0.25) is 17.7 Å². The summed E-state index contributed by atoms with van der Waals surface area (Å²) in [6, 6.07) is 41.6. The van der Waals surface area contributed by atoms with E-state index in [0.29, 0.717) is 76.9 Å². The molecule has 2 aliphatic heterocycles. The van der Waals surface area contributed by atoms with E-state index in [1.165, 1.54) is 48.8 Å². The van der Waals surface area contributed by atoms with Gasteiger partial charge in [0.1, 0.15) is 30.3 Å². The molecule has 0 spiro atoms. The van der Waals surface area contributed by atoms with Crippen molar-refractivity contribution in [2.75, 3.05) is 40.8 Å². The average molecular weight is 2380 g/mol. The van der Waals surface area contributed by atoms with E-state index >= 15 is 0 Å². The fourth-order valence-corrected chi connectivity index (χ4v) is 8.36. The van der Waals surface area contributed by atoms with E-state index in [1.54, 1.807) is 103 Å². The molecule has 107 heavy (non-hydrogen) atoms. The number of amides is 4. The fraction of sp³-hybridized carbons (Fsp3) is 0.319. The van der Waals surface area contributed by atoms with Gasteiger partial charge in [-0.05, 0) is 103 Å². The van der Waals surface area contributed by atoms with E-state index in [4.69, 9.17) is 53.8 Å². The number of fused-ring (bicyclic) bond motifs is 1. The second-order valence-electron chi connectivity index (χ2n) is 21.6. The minimum absolute atomic E-state index is 0. The number of nitrogens with two attached hydrogens (primary N) is 1. The number of halogens is 8. The van der Waals surface area contributed by atoms with Gasteiger partial charge in [-0.2, -0.15) is 10.5 Å². The van der Waals surface area contributed by atoms with Crippen molar-refractivity contribution in [3.8, 4) is 17.9 Å². The molecule has 2 aliphatic rings. The number of rotatable bonds is 19. The van der Waals surface area contributed by atoms with Crippen molar-refractivity contribution in [2.45, 2.75) is 92.6 Å². The molecule has 0 saturated carbocycles.